The Labute approximate surface area is 195 Å². The van der Waals surface area contributed by atoms with Gasteiger partial charge >= 0.3 is 0 Å². The zero-order valence-electron chi connectivity index (χ0n) is 19.7. The molecule has 0 aliphatic carbocycles. The Bertz CT molecular complexity index is 1130. The minimum atomic E-state index is 0.0469. The van der Waals surface area contributed by atoms with Gasteiger partial charge in [-0.3, -0.25) is 19.1 Å². The van der Waals surface area contributed by atoms with E-state index in [2.05, 4.69) is 30.9 Å². The first-order valence-electron chi connectivity index (χ1n) is 12.2. The molecule has 1 amide bonds. The standard InChI is InChI=1S/C27H34N4O2/c1-3-16-31-26(28-23-13-9-8-12-22(23)27(31)33)24(4-2)29-17-19-30(20-18-29)25(32)15-14-21-10-6-5-7-11-21/h5-13,24H,3-4,14-20H2,1-2H3. The first kappa shape index (κ1) is 23.2. The van der Waals surface area contributed by atoms with Gasteiger partial charge in [0.15, 0.2) is 0 Å². The number of aryl methyl sites for hydroxylation is 1. The first-order valence-corrected chi connectivity index (χ1v) is 12.2. The highest BCUT2D eigenvalue weighted by atomic mass is 16.2. The molecule has 2 heterocycles. The lowest BCUT2D eigenvalue weighted by Crippen LogP contribution is -2.50. The van der Waals surface area contributed by atoms with Crippen LogP contribution in [0.4, 0.5) is 0 Å². The fraction of sp³-hybridized carbons (Fsp3) is 0.444. The van der Waals surface area contributed by atoms with E-state index in [4.69, 9.17) is 4.98 Å². The van der Waals surface area contributed by atoms with Crippen LogP contribution in [0.15, 0.2) is 59.4 Å². The number of hydrogen-bond donors (Lipinski definition) is 0. The average molecular weight is 447 g/mol. The molecule has 1 atom stereocenters. The Balaban J connectivity index is 1.47. The van der Waals surface area contributed by atoms with Crippen LogP contribution in [0.5, 0.6) is 0 Å². The molecule has 2 aromatic carbocycles. The Kier molecular flexibility index (Phi) is 7.55. The van der Waals surface area contributed by atoms with Crippen molar-refractivity contribution in [1.29, 1.82) is 0 Å². The van der Waals surface area contributed by atoms with E-state index in [-0.39, 0.29) is 17.5 Å². The van der Waals surface area contributed by atoms with Gasteiger partial charge in [0.2, 0.25) is 5.91 Å². The zero-order valence-corrected chi connectivity index (χ0v) is 19.7. The number of amides is 1. The largest absolute Gasteiger partial charge is 0.340 e. The van der Waals surface area contributed by atoms with Gasteiger partial charge in [0.1, 0.15) is 5.82 Å². The van der Waals surface area contributed by atoms with Crippen LogP contribution in [-0.2, 0) is 17.8 Å². The fourth-order valence-electron chi connectivity index (χ4n) is 4.82. The smallest absolute Gasteiger partial charge is 0.261 e. The molecule has 1 unspecified atom stereocenters. The second-order valence-corrected chi connectivity index (χ2v) is 8.77. The van der Waals surface area contributed by atoms with E-state index in [1.165, 1.54) is 5.56 Å². The highest BCUT2D eigenvalue weighted by Crippen LogP contribution is 2.25. The molecule has 0 spiro atoms. The maximum atomic E-state index is 13.2. The van der Waals surface area contributed by atoms with Gasteiger partial charge in [-0.1, -0.05) is 56.3 Å². The van der Waals surface area contributed by atoms with Gasteiger partial charge in [-0.25, -0.2) is 4.98 Å². The monoisotopic (exact) mass is 446 g/mol. The third-order valence-electron chi connectivity index (χ3n) is 6.60. The number of carbonyl (C=O) groups is 1. The molecule has 4 rings (SSSR count). The van der Waals surface area contributed by atoms with E-state index in [1.807, 2.05) is 51.9 Å². The van der Waals surface area contributed by atoms with Crippen molar-refractivity contribution in [2.24, 2.45) is 0 Å². The molecule has 1 fully saturated rings. The van der Waals surface area contributed by atoms with Crippen molar-refractivity contribution >= 4 is 16.8 Å². The van der Waals surface area contributed by atoms with Gasteiger partial charge in [0.05, 0.1) is 16.9 Å². The van der Waals surface area contributed by atoms with Gasteiger partial charge in [-0.15, -0.1) is 0 Å². The minimum absolute atomic E-state index is 0.0469. The Morgan fingerprint density at radius 3 is 2.36 bits per heavy atom. The normalized spacial score (nSPS) is 15.6. The number of nitrogens with zero attached hydrogens (tertiary/aromatic N) is 4. The van der Waals surface area contributed by atoms with E-state index in [0.717, 1.165) is 56.8 Å². The lowest BCUT2D eigenvalue weighted by atomic mass is 10.1. The number of hydrogen-bond acceptors (Lipinski definition) is 4. The first-order chi connectivity index (χ1) is 16.1. The lowest BCUT2D eigenvalue weighted by molar-refractivity contribution is -0.133. The van der Waals surface area contributed by atoms with E-state index in [9.17, 15) is 9.59 Å². The molecule has 0 N–H and O–H groups in total. The second-order valence-electron chi connectivity index (χ2n) is 8.77. The molecule has 174 valence electrons. The number of benzene rings is 2. The summed E-state index contributed by atoms with van der Waals surface area (Å²) in [5.41, 5.74) is 2.01. The van der Waals surface area contributed by atoms with Gasteiger partial charge in [0.25, 0.3) is 5.56 Å². The summed E-state index contributed by atoms with van der Waals surface area (Å²) in [6.45, 7) is 7.94. The van der Waals surface area contributed by atoms with E-state index >= 15 is 0 Å². The van der Waals surface area contributed by atoms with Crippen LogP contribution in [0.2, 0.25) is 0 Å². The van der Waals surface area contributed by atoms with E-state index in [1.54, 1.807) is 0 Å². The van der Waals surface area contributed by atoms with Gasteiger partial charge in [-0.2, -0.15) is 0 Å². The fourth-order valence-corrected chi connectivity index (χ4v) is 4.82. The average Bonchev–Trinajstić information content (AvgIpc) is 2.86. The number of fused-ring (bicyclic) bond motifs is 1. The van der Waals surface area contributed by atoms with Crippen LogP contribution < -0.4 is 5.56 Å². The van der Waals surface area contributed by atoms with Gasteiger partial charge in [-0.05, 0) is 37.0 Å². The summed E-state index contributed by atoms with van der Waals surface area (Å²) in [5, 5.41) is 0.679. The molecule has 6 nitrogen and oxygen atoms in total. The summed E-state index contributed by atoms with van der Waals surface area (Å²) >= 11 is 0. The Morgan fingerprint density at radius 2 is 1.67 bits per heavy atom. The summed E-state index contributed by atoms with van der Waals surface area (Å²) in [5.74, 6) is 1.07. The van der Waals surface area contributed by atoms with Crippen molar-refractivity contribution in [2.45, 2.75) is 52.1 Å². The molecule has 1 aliphatic heterocycles. The Hall–Kier alpha value is -2.99. The lowest BCUT2D eigenvalue weighted by Gasteiger charge is -2.39. The van der Waals surface area contributed by atoms with Crippen molar-refractivity contribution < 1.29 is 4.79 Å². The molecule has 6 heteroatoms. The van der Waals surface area contributed by atoms with Crippen LogP contribution in [0.1, 0.15) is 50.5 Å². The molecule has 0 radical (unpaired) electrons. The third-order valence-corrected chi connectivity index (χ3v) is 6.60. The maximum absolute atomic E-state index is 13.2. The third kappa shape index (κ3) is 5.17. The van der Waals surface area contributed by atoms with Crippen molar-refractivity contribution in [3.63, 3.8) is 0 Å². The predicted molar refractivity (Wildman–Crippen MR) is 132 cm³/mol. The van der Waals surface area contributed by atoms with Crippen LogP contribution in [0, 0.1) is 0 Å². The summed E-state index contributed by atoms with van der Waals surface area (Å²) in [4.78, 5) is 35.3. The van der Waals surface area contributed by atoms with Crippen LogP contribution in [0.3, 0.4) is 0 Å². The molecule has 1 saturated heterocycles. The van der Waals surface area contributed by atoms with Crippen molar-refractivity contribution in [3.05, 3.63) is 76.3 Å². The number of aromatic nitrogens is 2. The Morgan fingerprint density at radius 1 is 0.970 bits per heavy atom. The topological polar surface area (TPSA) is 58.4 Å². The summed E-state index contributed by atoms with van der Waals surface area (Å²) < 4.78 is 1.87. The number of rotatable bonds is 8. The predicted octanol–water partition coefficient (Wildman–Crippen LogP) is 4.03. The van der Waals surface area contributed by atoms with Crippen molar-refractivity contribution in [1.82, 2.24) is 19.4 Å². The molecule has 0 bridgehead atoms. The summed E-state index contributed by atoms with van der Waals surface area (Å²) in [7, 11) is 0. The molecular formula is C27H34N4O2. The molecule has 3 aromatic rings. The highest BCUT2D eigenvalue weighted by molar-refractivity contribution is 5.77. The molecule has 1 aromatic heterocycles. The van der Waals surface area contributed by atoms with E-state index < -0.39 is 0 Å². The summed E-state index contributed by atoms with van der Waals surface area (Å²) in [6.07, 6.45) is 3.08. The molecule has 33 heavy (non-hydrogen) atoms. The number of piperazine rings is 1. The SMILES string of the molecule is CCCn1c(C(CC)N2CCN(C(=O)CCc3ccccc3)CC2)nc2ccccc2c1=O. The zero-order chi connectivity index (χ0) is 23.2. The van der Waals surface area contributed by atoms with Crippen LogP contribution in [-0.4, -0.2) is 51.4 Å². The highest BCUT2D eigenvalue weighted by Gasteiger charge is 2.29. The summed E-state index contributed by atoms with van der Waals surface area (Å²) in [6, 6.07) is 17.9. The molecule has 1 aliphatic rings. The van der Waals surface area contributed by atoms with Crippen LogP contribution >= 0.6 is 0 Å². The van der Waals surface area contributed by atoms with Crippen molar-refractivity contribution in [2.75, 3.05) is 26.2 Å². The number of para-hydroxylation sites is 1. The molecular weight excluding hydrogens is 412 g/mol. The minimum Gasteiger partial charge on any atom is -0.340 e. The van der Waals surface area contributed by atoms with Crippen molar-refractivity contribution in [3.8, 4) is 0 Å². The molecule has 0 saturated carbocycles. The quantitative estimate of drug-likeness (QED) is 0.524. The van der Waals surface area contributed by atoms with Gasteiger partial charge in [0, 0.05) is 39.1 Å². The van der Waals surface area contributed by atoms with E-state index in [0.29, 0.717) is 18.4 Å². The number of carbonyl (C=O) groups excluding carboxylic acids is 1. The van der Waals surface area contributed by atoms with Gasteiger partial charge < -0.3 is 4.90 Å². The maximum Gasteiger partial charge on any atom is 0.261 e. The van der Waals surface area contributed by atoms with Crippen LogP contribution in [0.25, 0.3) is 10.9 Å². The second kappa shape index (κ2) is 10.8.